The van der Waals surface area contributed by atoms with Crippen molar-refractivity contribution in [1.82, 2.24) is 0 Å². The van der Waals surface area contributed by atoms with Crippen molar-refractivity contribution in [2.45, 2.75) is 19.3 Å². The van der Waals surface area contributed by atoms with E-state index in [0.29, 0.717) is 11.3 Å². The highest BCUT2D eigenvalue weighted by molar-refractivity contribution is 5.98. The second kappa shape index (κ2) is 9.70. The number of anilines is 1. The number of hydrogen-bond donors (Lipinski definition) is 0. The van der Waals surface area contributed by atoms with E-state index < -0.39 is 5.97 Å². The van der Waals surface area contributed by atoms with Crippen molar-refractivity contribution in [2.24, 2.45) is 0 Å². The Balaban J connectivity index is 2.19. The van der Waals surface area contributed by atoms with Crippen molar-refractivity contribution in [3.05, 3.63) is 29.3 Å². The molecule has 0 saturated carbocycles. The second-order valence-electron chi connectivity index (χ2n) is 5.77. The molecule has 0 amide bonds. The zero-order valence-electron chi connectivity index (χ0n) is 14.8. The molecule has 25 heavy (non-hydrogen) atoms. The van der Waals surface area contributed by atoms with E-state index in [0.717, 1.165) is 18.8 Å². The second-order valence-corrected chi connectivity index (χ2v) is 5.77. The first kappa shape index (κ1) is 18.8. The summed E-state index contributed by atoms with van der Waals surface area (Å²) in [6.07, 6.45) is 5.14. The molecule has 134 valence electrons. The summed E-state index contributed by atoms with van der Waals surface area (Å²) >= 11 is 0. The number of ether oxygens (including phenoxy) is 3. The summed E-state index contributed by atoms with van der Waals surface area (Å²) in [4.78, 5) is 14.3. The zero-order valence-corrected chi connectivity index (χ0v) is 14.8. The number of carbonyl (C=O) groups is 1. The maximum atomic E-state index is 11.9. The van der Waals surface area contributed by atoms with E-state index in [9.17, 15) is 10.1 Å². The minimum Gasteiger partial charge on any atom is -0.496 e. The Hall–Kier alpha value is -2.52. The van der Waals surface area contributed by atoms with Crippen molar-refractivity contribution in [2.75, 3.05) is 45.4 Å². The number of esters is 1. The van der Waals surface area contributed by atoms with Crippen LogP contribution in [0.15, 0.2) is 23.8 Å². The summed E-state index contributed by atoms with van der Waals surface area (Å²) in [5.74, 6) is -0.0396. The third-order valence-corrected chi connectivity index (χ3v) is 4.10. The lowest BCUT2D eigenvalue weighted by molar-refractivity contribution is -0.139. The van der Waals surface area contributed by atoms with Crippen LogP contribution in [0.1, 0.15) is 24.8 Å². The monoisotopic (exact) mass is 344 g/mol. The third kappa shape index (κ3) is 5.23. The lowest BCUT2D eigenvalue weighted by atomic mass is 10.1. The van der Waals surface area contributed by atoms with Gasteiger partial charge in [-0.3, -0.25) is 0 Å². The van der Waals surface area contributed by atoms with Gasteiger partial charge in [-0.05, 0) is 37.5 Å². The molecule has 0 spiro atoms. The van der Waals surface area contributed by atoms with Crippen LogP contribution in [-0.2, 0) is 14.3 Å². The quantitative estimate of drug-likeness (QED) is 0.328. The summed E-state index contributed by atoms with van der Waals surface area (Å²) in [5.41, 5.74) is 1.69. The molecule has 1 fully saturated rings. The molecule has 0 unspecified atom stereocenters. The molecule has 1 saturated heterocycles. The van der Waals surface area contributed by atoms with Crippen LogP contribution in [0.25, 0.3) is 6.08 Å². The van der Waals surface area contributed by atoms with Gasteiger partial charge in [0.1, 0.15) is 24.0 Å². The van der Waals surface area contributed by atoms with Crippen LogP contribution in [0.4, 0.5) is 5.69 Å². The topological polar surface area (TPSA) is 71.8 Å². The summed E-state index contributed by atoms with van der Waals surface area (Å²) in [6, 6.07) is 7.69. The van der Waals surface area contributed by atoms with Gasteiger partial charge < -0.3 is 19.1 Å². The van der Waals surface area contributed by atoms with E-state index in [4.69, 9.17) is 14.2 Å². The number of carbonyl (C=O) groups excluding carboxylic acids is 1. The summed E-state index contributed by atoms with van der Waals surface area (Å²) < 4.78 is 15.3. The average Bonchev–Trinajstić information content (AvgIpc) is 2.66. The molecule has 1 heterocycles. The lowest BCUT2D eigenvalue weighted by Gasteiger charge is -2.29. The molecule has 0 N–H and O–H groups in total. The minimum atomic E-state index is -0.665. The number of benzene rings is 1. The largest absolute Gasteiger partial charge is 0.496 e. The molecule has 1 aromatic rings. The Kier molecular flexibility index (Phi) is 7.30. The van der Waals surface area contributed by atoms with Crippen LogP contribution >= 0.6 is 0 Å². The predicted octanol–water partition coefficient (Wildman–Crippen LogP) is 2.78. The Labute approximate surface area is 148 Å². The smallest absolute Gasteiger partial charge is 0.348 e. The fraction of sp³-hybridized carbons (Fsp3) is 0.474. The minimum absolute atomic E-state index is 0.0693. The van der Waals surface area contributed by atoms with E-state index >= 15 is 0 Å². The van der Waals surface area contributed by atoms with E-state index in [-0.39, 0.29) is 18.8 Å². The molecular weight excluding hydrogens is 320 g/mol. The van der Waals surface area contributed by atoms with Crippen molar-refractivity contribution in [3.63, 3.8) is 0 Å². The van der Waals surface area contributed by atoms with E-state index in [1.54, 1.807) is 7.11 Å². The molecule has 0 atom stereocenters. The van der Waals surface area contributed by atoms with Crippen molar-refractivity contribution in [1.29, 1.82) is 5.26 Å². The SMILES string of the molecule is COCCOC(=O)/C(C#N)=C/c1ccc(N2CCCCC2)cc1OC. The summed E-state index contributed by atoms with van der Waals surface area (Å²) in [6.45, 7) is 2.47. The fourth-order valence-electron chi connectivity index (χ4n) is 2.76. The van der Waals surface area contributed by atoms with Crippen LogP contribution in [0.3, 0.4) is 0 Å². The third-order valence-electron chi connectivity index (χ3n) is 4.10. The number of hydrogen-bond acceptors (Lipinski definition) is 6. The first-order valence-corrected chi connectivity index (χ1v) is 8.40. The van der Waals surface area contributed by atoms with Crippen LogP contribution in [-0.4, -0.2) is 46.5 Å². The van der Waals surface area contributed by atoms with Crippen molar-refractivity contribution >= 4 is 17.7 Å². The number of methoxy groups -OCH3 is 2. The molecule has 0 bridgehead atoms. The molecule has 6 heteroatoms. The van der Waals surface area contributed by atoms with Crippen LogP contribution in [0.5, 0.6) is 5.75 Å². The molecular formula is C19H24N2O4. The van der Waals surface area contributed by atoms with Crippen molar-refractivity contribution in [3.8, 4) is 11.8 Å². The molecule has 0 radical (unpaired) electrons. The van der Waals surface area contributed by atoms with E-state index in [2.05, 4.69) is 4.90 Å². The van der Waals surface area contributed by atoms with Gasteiger partial charge in [0.2, 0.25) is 0 Å². The van der Waals surface area contributed by atoms with Crippen LogP contribution in [0, 0.1) is 11.3 Å². The number of rotatable bonds is 7. The predicted molar refractivity (Wildman–Crippen MR) is 95.5 cm³/mol. The number of piperidine rings is 1. The summed E-state index contributed by atoms with van der Waals surface area (Å²) in [7, 11) is 3.10. The van der Waals surface area contributed by atoms with Gasteiger partial charge in [-0.1, -0.05) is 0 Å². The molecule has 0 aromatic heterocycles. The van der Waals surface area contributed by atoms with Gasteiger partial charge in [-0.25, -0.2) is 4.79 Å². The maximum Gasteiger partial charge on any atom is 0.348 e. The Morgan fingerprint density at radius 2 is 2.00 bits per heavy atom. The van der Waals surface area contributed by atoms with Gasteiger partial charge in [0.15, 0.2) is 0 Å². The molecule has 1 aliphatic rings. The summed E-state index contributed by atoms with van der Waals surface area (Å²) in [5, 5.41) is 9.24. The molecule has 6 nitrogen and oxygen atoms in total. The van der Waals surface area contributed by atoms with Gasteiger partial charge in [-0.2, -0.15) is 5.26 Å². The molecule has 1 aromatic carbocycles. The molecule has 1 aliphatic heterocycles. The number of nitriles is 1. The molecule has 2 rings (SSSR count). The standard InChI is InChI=1S/C19H24N2O4/c1-23-10-11-25-19(22)16(14-20)12-15-6-7-17(13-18(15)24-2)21-8-4-3-5-9-21/h6-7,12-13H,3-5,8-11H2,1-2H3/b16-12+. The highest BCUT2D eigenvalue weighted by Crippen LogP contribution is 2.29. The lowest BCUT2D eigenvalue weighted by Crippen LogP contribution is -2.29. The van der Waals surface area contributed by atoms with Crippen molar-refractivity contribution < 1.29 is 19.0 Å². The van der Waals surface area contributed by atoms with E-state index in [1.807, 2.05) is 24.3 Å². The first-order chi connectivity index (χ1) is 12.2. The maximum absolute atomic E-state index is 11.9. The van der Waals surface area contributed by atoms with E-state index in [1.165, 1.54) is 32.4 Å². The number of nitrogens with zero attached hydrogens (tertiary/aromatic N) is 2. The Morgan fingerprint density at radius 3 is 2.64 bits per heavy atom. The van der Waals surface area contributed by atoms with Gasteiger partial charge in [0, 0.05) is 37.5 Å². The first-order valence-electron chi connectivity index (χ1n) is 8.40. The normalized spacial score (nSPS) is 14.8. The fourth-order valence-corrected chi connectivity index (χ4v) is 2.76. The molecule has 0 aliphatic carbocycles. The van der Waals surface area contributed by atoms with Gasteiger partial charge in [0.25, 0.3) is 0 Å². The van der Waals surface area contributed by atoms with Crippen LogP contribution < -0.4 is 9.64 Å². The van der Waals surface area contributed by atoms with Gasteiger partial charge in [0.05, 0.1) is 13.7 Å². The van der Waals surface area contributed by atoms with Crippen LogP contribution in [0.2, 0.25) is 0 Å². The Morgan fingerprint density at radius 1 is 1.24 bits per heavy atom. The highest BCUT2D eigenvalue weighted by atomic mass is 16.6. The average molecular weight is 344 g/mol. The zero-order chi connectivity index (χ0) is 18.1. The Bertz CT molecular complexity index is 658. The van der Waals surface area contributed by atoms with Gasteiger partial charge >= 0.3 is 5.97 Å². The van der Waals surface area contributed by atoms with Gasteiger partial charge in [-0.15, -0.1) is 0 Å². The highest BCUT2D eigenvalue weighted by Gasteiger charge is 2.15.